The second-order valence-corrected chi connectivity index (χ2v) is 2.78. The number of carbonyl (C=O) groups is 1. The molecule has 1 amide bonds. The van der Waals surface area contributed by atoms with Crippen molar-refractivity contribution in [1.82, 2.24) is 5.32 Å². The van der Waals surface area contributed by atoms with Crippen molar-refractivity contribution in [1.29, 1.82) is 0 Å². The molecule has 1 rings (SSSR count). The summed E-state index contributed by atoms with van der Waals surface area (Å²) in [6.45, 7) is 1.74. The minimum atomic E-state index is -0.929. The first-order valence-corrected chi connectivity index (χ1v) is 3.94. The van der Waals surface area contributed by atoms with Crippen molar-refractivity contribution in [2.75, 3.05) is 6.54 Å². The van der Waals surface area contributed by atoms with E-state index in [0.29, 0.717) is 18.5 Å². The third kappa shape index (κ3) is 2.49. The van der Waals surface area contributed by atoms with Gasteiger partial charge in [0.05, 0.1) is 0 Å². The Morgan fingerprint density at radius 1 is 1.83 bits per heavy atom. The maximum Gasteiger partial charge on any atom is 0.217 e. The fourth-order valence-electron chi connectivity index (χ4n) is 1.04. The van der Waals surface area contributed by atoms with Crippen LogP contribution in [0.1, 0.15) is 13.3 Å². The van der Waals surface area contributed by atoms with Crippen LogP contribution in [-0.4, -0.2) is 18.6 Å². The molecule has 1 aliphatic carbocycles. The van der Waals surface area contributed by atoms with Crippen LogP contribution in [0.15, 0.2) is 23.8 Å². The number of alkyl halides is 1. The van der Waals surface area contributed by atoms with E-state index in [2.05, 4.69) is 5.32 Å². The average molecular weight is 169 g/mol. The Balaban J connectivity index is 2.44. The Morgan fingerprint density at radius 2 is 2.58 bits per heavy atom. The molecule has 0 spiro atoms. The van der Waals surface area contributed by atoms with E-state index in [-0.39, 0.29) is 5.91 Å². The predicted octanol–water partition coefficient (Wildman–Crippen LogP) is 1.35. The van der Waals surface area contributed by atoms with Gasteiger partial charge in [-0.05, 0) is 5.57 Å². The van der Waals surface area contributed by atoms with Crippen LogP contribution in [0.25, 0.3) is 0 Å². The summed E-state index contributed by atoms with van der Waals surface area (Å²) >= 11 is 0. The van der Waals surface area contributed by atoms with Crippen molar-refractivity contribution < 1.29 is 9.18 Å². The van der Waals surface area contributed by atoms with E-state index in [1.807, 2.05) is 6.08 Å². The predicted molar refractivity (Wildman–Crippen MR) is 45.4 cm³/mol. The summed E-state index contributed by atoms with van der Waals surface area (Å²) in [5, 5.41) is 2.56. The first kappa shape index (κ1) is 8.97. The van der Waals surface area contributed by atoms with Gasteiger partial charge in [-0.3, -0.25) is 4.79 Å². The quantitative estimate of drug-likeness (QED) is 0.664. The van der Waals surface area contributed by atoms with E-state index in [4.69, 9.17) is 0 Å². The van der Waals surface area contributed by atoms with Crippen LogP contribution in [0.4, 0.5) is 4.39 Å². The highest BCUT2D eigenvalue weighted by Gasteiger charge is 2.13. The Bertz CT molecular complexity index is 233. The lowest BCUT2D eigenvalue weighted by atomic mass is 10.0. The van der Waals surface area contributed by atoms with Crippen molar-refractivity contribution in [3.8, 4) is 0 Å². The lowest BCUT2D eigenvalue weighted by Gasteiger charge is -2.13. The van der Waals surface area contributed by atoms with Gasteiger partial charge in [0.25, 0.3) is 0 Å². The number of carbonyl (C=O) groups excluding carboxylic acids is 1. The molecular formula is C9H12FNO. The first-order chi connectivity index (χ1) is 5.70. The number of amides is 1. The Labute approximate surface area is 71.2 Å². The fraction of sp³-hybridized carbons (Fsp3) is 0.444. The van der Waals surface area contributed by atoms with Crippen LogP contribution >= 0.6 is 0 Å². The van der Waals surface area contributed by atoms with E-state index in [9.17, 15) is 9.18 Å². The van der Waals surface area contributed by atoms with E-state index < -0.39 is 6.17 Å². The molecule has 0 heterocycles. The van der Waals surface area contributed by atoms with Crippen LogP contribution in [-0.2, 0) is 4.79 Å². The largest absolute Gasteiger partial charge is 0.352 e. The van der Waals surface area contributed by atoms with Crippen LogP contribution in [0.3, 0.4) is 0 Å². The van der Waals surface area contributed by atoms with Crippen LogP contribution < -0.4 is 5.32 Å². The molecule has 0 aliphatic heterocycles. The molecule has 3 heteroatoms. The standard InChI is InChI=1S/C9H12FNO/c1-7(12)11-6-8-4-2-3-5-9(8)10/h2-4,9H,5-6H2,1H3,(H,11,12). The highest BCUT2D eigenvalue weighted by molar-refractivity contribution is 5.73. The highest BCUT2D eigenvalue weighted by Crippen LogP contribution is 2.15. The summed E-state index contributed by atoms with van der Waals surface area (Å²) in [5.41, 5.74) is 0.646. The van der Waals surface area contributed by atoms with Crippen molar-refractivity contribution in [3.63, 3.8) is 0 Å². The monoisotopic (exact) mass is 169 g/mol. The zero-order valence-electron chi connectivity index (χ0n) is 7.01. The van der Waals surface area contributed by atoms with Gasteiger partial charge in [0.1, 0.15) is 6.17 Å². The van der Waals surface area contributed by atoms with Gasteiger partial charge in [0.2, 0.25) is 5.91 Å². The summed E-state index contributed by atoms with van der Waals surface area (Å²) in [7, 11) is 0. The molecule has 0 radical (unpaired) electrons. The van der Waals surface area contributed by atoms with Gasteiger partial charge >= 0.3 is 0 Å². The molecule has 1 unspecified atom stereocenters. The maximum atomic E-state index is 13.0. The summed E-state index contributed by atoms with van der Waals surface area (Å²) in [4.78, 5) is 10.5. The van der Waals surface area contributed by atoms with E-state index in [1.54, 1.807) is 12.2 Å². The minimum absolute atomic E-state index is 0.127. The Hall–Kier alpha value is -1.12. The third-order valence-corrected chi connectivity index (χ3v) is 1.73. The number of hydrogen-bond donors (Lipinski definition) is 1. The van der Waals surface area contributed by atoms with Gasteiger partial charge in [-0.2, -0.15) is 0 Å². The summed E-state index contributed by atoms with van der Waals surface area (Å²) < 4.78 is 13.0. The molecule has 0 aromatic rings. The molecule has 2 nitrogen and oxygen atoms in total. The van der Waals surface area contributed by atoms with Crippen LogP contribution in [0, 0.1) is 0 Å². The topological polar surface area (TPSA) is 29.1 Å². The molecule has 1 atom stereocenters. The second-order valence-electron chi connectivity index (χ2n) is 2.78. The zero-order valence-corrected chi connectivity index (χ0v) is 7.01. The maximum absolute atomic E-state index is 13.0. The minimum Gasteiger partial charge on any atom is -0.352 e. The van der Waals surface area contributed by atoms with E-state index in [1.165, 1.54) is 6.92 Å². The number of hydrogen-bond acceptors (Lipinski definition) is 1. The fourth-order valence-corrected chi connectivity index (χ4v) is 1.04. The lowest BCUT2D eigenvalue weighted by Crippen LogP contribution is -2.26. The number of allylic oxidation sites excluding steroid dienone is 3. The van der Waals surface area contributed by atoms with Crippen LogP contribution in [0.2, 0.25) is 0 Å². The Morgan fingerprint density at radius 3 is 3.17 bits per heavy atom. The molecule has 0 bridgehead atoms. The van der Waals surface area contributed by atoms with Gasteiger partial charge in [-0.1, -0.05) is 18.2 Å². The molecule has 0 saturated heterocycles. The van der Waals surface area contributed by atoms with Crippen molar-refractivity contribution in [2.24, 2.45) is 0 Å². The van der Waals surface area contributed by atoms with Gasteiger partial charge in [0.15, 0.2) is 0 Å². The van der Waals surface area contributed by atoms with Gasteiger partial charge < -0.3 is 5.32 Å². The highest BCUT2D eigenvalue weighted by atomic mass is 19.1. The third-order valence-electron chi connectivity index (χ3n) is 1.73. The summed E-state index contributed by atoms with van der Waals surface area (Å²) in [6.07, 6.45) is 4.80. The SMILES string of the molecule is CC(=O)NCC1=CC=CCC1F. The smallest absolute Gasteiger partial charge is 0.217 e. The molecule has 0 saturated carbocycles. The van der Waals surface area contributed by atoms with Crippen molar-refractivity contribution in [3.05, 3.63) is 23.8 Å². The summed E-state index contributed by atoms with van der Waals surface area (Å²) in [5.74, 6) is -0.127. The molecule has 0 aromatic heterocycles. The van der Waals surface area contributed by atoms with Crippen molar-refractivity contribution in [2.45, 2.75) is 19.5 Å². The average Bonchev–Trinajstić information content (AvgIpc) is 2.03. The molecule has 0 aromatic carbocycles. The van der Waals surface area contributed by atoms with Crippen LogP contribution in [0.5, 0.6) is 0 Å². The van der Waals surface area contributed by atoms with Gasteiger partial charge in [-0.25, -0.2) is 4.39 Å². The van der Waals surface area contributed by atoms with E-state index >= 15 is 0 Å². The number of halogens is 1. The second kappa shape index (κ2) is 4.04. The zero-order chi connectivity index (χ0) is 8.97. The number of nitrogens with one attached hydrogen (secondary N) is 1. The first-order valence-electron chi connectivity index (χ1n) is 3.94. The molecule has 12 heavy (non-hydrogen) atoms. The Kier molecular flexibility index (Phi) is 3.02. The summed E-state index contributed by atoms with van der Waals surface area (Å²) in [6, 6.07) is 0. The van der Waals surface area contributed by atoms with Gasteiger partial charge in [-0.15, -0.1) is 0 Å². The molecule has 1 aliphatic rings. The molecule has 1 N–H and O–H groups in total. The molecular weight excluding hydrogens is 157 g/mol. The normalized spacial score (nSPS) is 21.8. The number of rotatable bonds is 2. The van der Waals surface area contributed by atoms with Gasteiger partial charge in [0, 0.05) is 19.9 Å². The molecule has 0 fully saturated rings. The molecule has 66 valence electrons. The van der Waals surface area contributed by atoms with E-state index in [0.717, 1.165) is 0 Å². The van der Waals surface area contributed by atoms with Crippen molar-refractivity contribution >= 4 is 5.91 Å². The lowest BCUT2D eigenvalue weighted by molar-refractivity contribution is -0.118.